The summed E-state index contributed by atoms with van der Waals surface area (Å²) in [5.41, 5.74) is 0. The molecule has 8 heteroatoms. The Labute approximate surface area is 151 Å². The van der Waals surface area contributed by atoms with E-state index in [1.54, 1.807) is 16.4 Å². The molecule has 140 valence electrons. The van der Waals surface area contributed by atoms with E-state index in [9.17, 15) is 8.42 Å². The number of sulfonamides is 1. The summed E-state index contributed by atoms with van der Waals surface area (Å²) < 4.78 is 26.6. The van der Waals surface area contributed by atoms with Crippen LogP contribution in [0.3, 0.4) is 0 Å². The molecule has 0 amide bonds. The number of piperazine rings is 1. The first kappa shape index (κ1) is 18.6. The van der Waals surface area contributed by atoms with E-state index in [1.165, 1.54) is 6.20 Å². The second-order valence-corrected chi connectivity index (χ2v) is 9.08. The molecule has 1 aromatic heterocycles. The van der Waals surface area contributed by atoms with E-state index in [-0.39, 0.29) is 10.9 Å². The minimum absolute atomic E-state index is 0.261. The lowest BCUT2D eigenvalue weighted by molar-refractivity contribution is 0.151. The molecule has 3 heterocycles. The van der Waals surface area contributed by atoms with Crippen molar-refractivity contribution in [2.45, 2.75) is 30.7 Å². The number of pyridine rings is 1. The number of aromatic nitrogens is 1. The maximum Gasteiger partial charge on any atom is 0.244 e. The van der Waals surface area contributed by atoms with E-state index in [1.807, 2.05) is 0 Å². The van der Waals surface area contributed by atoms with Gasteiger partial charge < -0.3 is 10.2 Å². The number of hydrogen-bond acceptors (Lipinski definition) is 6. The molecule has 0 aromatic carbocycles. The molecular formula is C17H29N5O2S. The topological polar surface area (TPSA) is 68.8 Å². The molecule has 25 heavy (non-hydrogen) atoms. The Morgan fingerprint density at radius 1 is 1.12 bits per heavy atom. The SMILES string of the molecule is CC(CN1CCN(C)CC1)Nc1ccc(S(=O)(=O)N2CCCC2)cn1. The van der Waals surface area contributed by atoms with Crippen molar-refractivity contribution in [1.29, 1.82) is 0 Å². The zero-order valence-electron chi connectivity index (χ0n) is 15.2. The van der Waals surface area contributed by atoms with E-state index >= 15 is 0 Å². The maximum atomic E-state index is 12.5. The van der Waals surface area contributed by atoms with Crippen LogP contribution in [0.5, 0.6) is 0 Å². The van der Waals surface area contributed by atoms with Crippen LogP contribution >= 0.6 is 0 Å². The molecule has 2 fully saturated rings. The lowest BCUT2D eigenvalue weighted by Gasteiger charge is -2.34. The zero-order chi connectivity index (χ0) is 17.9. The fraction of sp³-hybridized carbons (Fsp3) is 0.706. The number of anilines is 1. The molecule has 0 aliphatic carbocycles. The Hall–Kier alpha value is -1.22. The van der Waals surface area contributed by atoms with Gasteiger partial charge in [-0.05, 0) is 38.9 Å². The highest BCUT2D eigenvalue weighted by molar-refractivity contribution is 7.89. The maximum absolute atomic E-state index is 12.5. The third-order valence-electron chi connectivity index (χ3n) is 4.96. The van der Waals surface area contributed by atoms with Crippen LogP contribution in [0, 0.1) is 0 Å². The van der Waals surface area contributed by atoms with Gasteiger partial charge in [0.1, 0.15) is 10.7 Å². The molecular weight excluding hydrogens is 338 g/mol. The molecule has 0 spiro atoms. The molecule has 1 atom stereocenters. The largest absolute Gasteiger partial charge is 0.366 e. The molecule has 1 N–H and O–H groups in total. The van der Waals surface area contributed by atoms with Crippen LogP contribution < -0.4 is 5.32 Å². The van der Waals surface area contributed by atoms with Crippen molar-refractivity contribution in [3.63, 3.8) is 0 Å². The Morgan fingerprint density at radius 3 is 2.40 bits per heavy atom. The molecule has 2 aliphatic rings. The number of rotatable bonds is 6. The van der Waals surface area contributed by atoms with Gasteiger partial charge in [0, 0.05) is 58.1 Å². The Balaban J connectivity index is 1.55. The third kappa shape index (κ3) is 4.69. The van der Waals surface area contributed by atoms with Crippen LogP contribution in [-0.4, -0.2) is 86.4 Å². The third-order valence-corrected chi connectivity index (χ3v) is 6.84. The van der Waals surface area contributed by atoms with Gasteiger partial charge in [0.25, 0.3) is 0 Å². The molecule has 0 radical (unpaired) electrons. The highest BCUT2D eigenvalue weighted by atomic mass is 32.2. The summed E-state index contributed by atoms with van der Waals surface area (Å²) in [4.78, 5) is 9.39. The Bertz CT molecular complexity index is 650. The first-order valence-corrected chi connectivity index (χ1v) is 10.5. The molecule has 2 aliphatic heterocycles. The quantitative estimate of drug-likeness (QED) is 0.806. The molecule has 1 unspecified atom stereocenters. The van der Waals surface area contributed by atoms with Gasteiger partial charge in [-0.25, -0.2) is 13.4 Å². The minimum Gasteiger partial charge on any atom is -0.366 e. The van der Waals surface area contributed by atoms with Crippen molar-refractivity contribution in [1.82, 2.24) is 19.1 Å². The Kier molecular flexibility index (Phi) is 5.93. The number of likely N-dealkylation sites (N-methyl/N-ethyl adjacent to an activating group) is 1. The van der Waals surface area contributed by atoms with Crippen LogP contribution in [0.4, 0.5) is 5.82 Å². The monoisotopic (exact) mass is 367 g/mol. The molecule has 0 bridgehead atoms. The van der Waals surface area contributed by atoms with Gasteiger partial charge in [-0.3, -0.25) is 4.90 Å². The zero-order valence-corrected chi connectivity index (χ0v) is 16.0. The molecule has 3 rings (SSSR count). The van der Waals surface area contributed by atoms with E-state index in [2.05, 4.69) is 34.1 Å². The van der Waals surface area contributed by atoms with Crippen molar-refractivity contribution < 1.29 is 8.42 Å². The van der Waals surface area contributed by atoms with E-state index in [0.717, 1.165) is 51.4 Å². The molecule has 7 nitrogen and oxygen atoms in total. The average Bonchev–Trinajstić information content (AvgIpc) is 3.13. The van der Waals surface area contributed by atoms with Gasteiger partial charge in [0.2, 0.25) is 10.0 Å². The summed E-state index contributed by atoms with van der Waals surface area (Å²) in [7, 11) is -1.23. The van der Waals surface area contributed by atoms with Crippen molar-refractivity contribution in [2.24, 2.45) is 0 Å². The normalized spacial score (nSPS) is 22.2. The van der Waals surface area contributed by atoms with Crippen LogP contribution in [0.25, 0.3) is 0 Å². The van der Waals surface area contributed by atoms with E-state index < -0.39 is 10.0 Å². The number of hydrogen-bond donors (Lipinski definition) is 1. The summed E-state index contributed by atoms with van der Waals surface area (Å²) in [6, 6.07) is 3.69. The predicted molar refractivity (Wildman–Crippen MR) is 99.3 cm³/mol. The number of nitrogens with one attached hydrogen (secondary N) is 1. The van der Waals surface area contributed by atoms with Crippen LogP contribution in [-0.2, 0) is 10.0 Å². The van der Waals surface area contributed by atoms with Crippen LogP contribution in [0.15, 0.2) is 23.2 Å². The average molecular weight is 368 g/mol. The van der Waals surface area contributed by atoms with Crippen molar-refractivity contribution in [3.05, 3.63) is 18.3 Å². The first-order chi connectivity index (χ1) is 11.9. The van der Waals surface area contributed by atoms with Crippen molar-refractivity contribution in [3.8, 4) is 0 Å². The fourth-order valence-corrected chi connectivity index (χ4v) is 4.87. The molecule has 0 saturated carbocycles. The van der Waals surface area contributed by atoms with Gasteiger partial charge in [0.15, 0.2) is 0 Å². The van der Waals surface area contributed by atoms with Gasteiger partial charge in [0.05, 0.1) is 0 Å². The van der Waals surface area contributed by atoms with Gasteiger partial charge in [-0.2, -0.15) is 4.31 Å². The van der Waals surface area contributed by atoms with Gasteiger partial charge >= 0.3 is 0 Å². The van der Waals surface area contributed by atoms with Crippen molar-refractivity contribution >= 4 is 15.8 Å². The Morgan fingerprint density at radius 2 is 1.80 bits per heavy atom. The summed E-state index contributed by atoms with van der Waals surface area (Å²) in [5, 5.41) is 3.37. The predicted octanol–water partition coefficient (Wildman–Crippen LogP) is 0.914. The van der Waals surface area contributed by atoms with Crippen molar-refractivity contribution in [2.75, 3.05) is 58.2 Å². The second-order valence-electron chi connectivity index (χ2n) is 7.14. The standard InChI is InChI=1S/C17H29N5O2S/c1-15(14-21-11-9-20(2)10-12-21)19-17-6-5-16(13-18-17)25(23,24)22-7-3-4-8-22/h5-6,13,15H,3-4,7-12,14H2,1-2H3,(H,18,19). The van der Waals surface area contributed by atoms with Gasteiger partial charge in [-0.15, -0.1) is 0 Å². The summed E-state index contributed by atoms with van der Waals surface area (Å²) >= 11 is 0. The lowest BCUT2D eigenvalue weighted by Crippen LogP contribution is -2.47. The second kappa shape index (κ2) is 7.99. The van der Waals surface area contributed by atoms with Gasteiger partial charge in [-0.1, -0.05) is 0 Å². The summed E-state index contributed by atoms with van der Waals surface area (Å²) in [5.74, 6) is 0.724. The number of nitrogens with zero attached hydrogens (tertiary/aromatic N) is 4. The highest BCUT2D eigenvalue weighted by Gasteiger charge is 2.27. The highest BCUT2D eigenvalue weighted by Crippen LogP contribution is 2.21. The summed E-state index contributed by atoms with van der Waals surface area (Å²) in [6.07, 6.45) is 3.35. The summed E-state index contributed by atoms with van der Waals surface area (Å²) in [6.45, 7) is 8.71. The molecule has 1 aromatic rings. The lowest BCUT2D eigenvalue weighted by atomic mass is 10.2. The first-order valence-electron chi connectivity index (χ1n) is 9.09. The smallest absolute Gasteiger partial charge is 0.244 e. The molecule has 2 saturated heterocycles. The van der Waals surface area contributed by atoms with E-state index in [0.29, 0.717) is 13.1 Å². The van der Waals surface area contributed by atoms with E-state index in [4.69, 9.17) is 0 Å². The van der Waals surface area contributed by atoms with Crippen LogP contribution in [0.2, 0.25) is 0 Å². The minimum atomic E-state index is -3.38. The van der Waals surface area contributed by atoms with Crippen LogP contribution in [0.1, 0.15) is 19.8 Å². The fourth-order valence-electron chi connectivity index (χ4n) is 3.41.